The first-order chi connectivity index (χ1) is 18.8. The summed E-state index contributed by atoms with van der Waals surface area (Å²) in [5, 5.41) is 2.59. The normalized spacial score (nSPS) is 25.2. The van der Waals surface area contributed by atoms with Gasteiger partial charge in [0.15, 0.2) is 0 Å². The minimum absolute atomic E-state index is 0.292. The highest BCUT2D eigenvalue weighted by atomic mass is 15.2. The molecule has 1 heteroatoms. The van der Waals surface area contributed by atoms with Crippen LogP contribution in [0.5, 0.6) is 0 Å². The molecule has 0 radical (unpaired) electrons. The second-order valence-electron chi connectivity index (χ2n) is 12.0. The van der Waals surface area contributed by atoms with E-state index >= 15 is 0 Å². The van der Waals surface area contributed by atoms with Crippen LogP contribution in [-0.4, -0.2) is 5.54 Å². The molecule has 9 rings (SSSR count). The molecular weight excluding hydrogens is 458 g/mol. The monoisotopic (exact) mass is 491 g/mol. The molecule has 4 fully saturated rings. The molecule has 0 aromatic heterocycles. The van der Waals surface area contributed by atoms with Crippen molar-refractivity contribution in [2.24, 2.45) is 17.8 Å². The van der Waals surface area contributed by atoms with Crippen molar-refractivity contribution in [2.75, 3.05) is 4.90 Å². The fourth-order valence-corrected chi connectivity index (χ4v) is 8.50. The van der Waals surface area contributed by atoms with Gasteiger partial charge in [-0.1, -0.05) is 84.9 Å². The van der Waals surface area contributed by atoms with Gasteiger partial charge in [-0.3, -0.25) is 0 Å². The van der Waals surface area contributed by atoms with Crippen LogP contribution in [0.1, 0.15) is 32.1 Å². The van der Waals surface area contributed by atoms with Crippen LogP contribution in [0.4, 0.5) is 11.4 Å². The van der Waals surface area contributed by atoms with E-state index in [9.17, 15) is 0 Å². The number of benzene rings is 5. The summed E-state index contributed by atoms with van der Waals surface area (Å²) in [7, 11) is 0. The van der Waals surface area contributed by atoms with Crippen molar-refractivity contribution in [1.82, 2.24) is 0 Å². The quantitative estimate of drug-likeness (QED) is 0.236. The first-order valence-electron chi connectivity index (χ1n) is 14.3. The Kier molecular flexibility index (Phi) is 5.02. The van der Waals surface area contributed by atoms with Crippen molar-refractivity contribution in [2.45, 2.75) is 37.6 Å². The molecule has 4 bridgehead atoms. The van der Waals surface area contributed by atoms with Crippen molar-refractivity contribution in [3.63, 3.8) is 0 Å². The van der Waals surface area contributed by atoms with E-state index in [2.05, 4.69) is 126 Å². The number of fused-ring (bicyclic) bond motifs is 1. The number of hydrogen-bond donors (Lipinski definition) is 0. The van der Waals surface area contributed by atoms with Crippen LogP contribution in [0, 0.1) is 17.8 Å². The van der Waals surface area contributed by atoms with Gasteiger partial charge in [0.1, 0.15) is 0 Å². The first kappa shape index (κ1) is 22.2. The van der Waals surface area contributed by atoms with Gasteiger partial charge in [-0.05, 0) is 119 Å². The zero-order chi connectivity index (χ0) is 25.1. The molecule has 38 heavy (non-hydrogen) atoms. The lowest BCUT2D eigenvalue weighted by Crippen LogP contribution is -2.47. The Bertz CT molecular complexity index is 1590. The second kappa shape index (κ2) is 8.60. The molecule has 5 aromatic carbocycles. The first-order valence-corrected chi connectivity index (χ1v) is 14.3. The Balaban J connectivity index is 1.22. The summed E-state index contributed by atoms with van der Waals surface area (Å²) in [6, 6.07) is 44.9. The van der Waals surface area contributed by atoms with Crippen LogP contribution in [-0.2, 0) is 0 Å². The zero-order valence-corrected chi connectivity index (χ0v) is 21.8. The van der Waals surface area contributed by atoms with Gasteiger partial charge < -0.3 is 4.90 Å². The molecule has 1 nitrogen and oxygen atoms in total. The van der Waals surface area contributed by atoms with Gasteiger partial charge in [0.05, 0.1) is 0 Å². The van der Waals surface area contributed by atoms with E-state index in [1.165, 1.54) is 76.5 Å². The highest BCUT2D eigenvalue weighted by Gasteiger charge is 2.60. The van der Waals surface area contributed by atoms with Gasteiger partial charge in [-0.25, -0.2) is 0 Å². The summed E-state index contributed by atoms with van der Waals surface area (Å²) in [5.74, 6) is 2.68. The van der Waals surface area contributed by atoms with Crippen LogP contribution < -0.4 is 4.90 Å². The average Bonchev–Trinajstić information content (AvgIpc) is 3.37. The van der Waals surface area contributed by atoms with Crippen LogP contribution >= 0.6 is 0 Å². The van der Waals surface area contributed by atoms with Crippen LogP contribution in [0.25, 0.3) is 33.0 Å². The number of para-hydroxylation sites is 1. The Morgan fingerprint density at radius 2 is 1.16 bits per heavy atom. The van der Waals surface area contributed by atoms with Gasteiger partial charge in [-0.2, -0.15) is 0 Å². The highest BCUT2D eigenvalue weighted by Crippen LogP contribution is 2.64. The molecule has 0 aliphatic heterocycles. The van der Waals surface area contributed by atoms with E-state index in [1.54, 1.807) is 0 Å². The topological polar surface area (TPSA) is 3.24 Å². The fourth-order valence-electron chi connectivity index (χ4n) is 8.50. The lowest BCUT2D eigenvalue weighted by atomic mass is 9.79. The molecule has 0 N–H and O–H groups in total. The third-order valence-corrected chi connectivity index (χ3v) is 9.81. The lowest BCUT2D eigenvalue weighted by molar-refractivity contribution is 0.266. The Morgan fingerprint density at radius 3 is 1.89 bits per heavy atom. The van der Waals surface area contributed by atoms with Crippen molar-refractivity contribution < 1.29 is 0 Å². The Hall–Kier alpha value is -3.84. The summed E-state index contributed by atoms with van der Waals surface area (Å²) < 4.78 is 0. The zero-order valence-electron chi connectivity index (χ0n) is 21.8. The largest absolute Gasteiger partial charge is 0.335 e. The molecule has 186 valence electrons. The Labute approximate surface area is 225 Å². The van der Waals surface area contributed by atoms with Gasteiger partial charge in [0.25, 0.3) is 0 Å². The maximum Gasteiger partial charge on any atom is 0.0485 e. The summed E-state index contributed by atoms with van der Waals surface area (Å²) in [6.45, 7) is 0. The number of rotatable bonds is 5. The maximum absolute atomic E-state index is 2.75. The molecule has 5 aromatic rings. The number of hydrogen-bond acceptors (Lipinski definition) is 1. The van der Waals surface area contributed by atoms with E-state index in [0.717, 1.165) is 17.8 Å². The molecular formula is C37H33N. The number of nitrogens with zero attached hydrogens (tertiary/aromatic N) is 1. The van der Waals surface area contributed by atoms with Gasteiger partial charge >= 0.3 is 0 Å². The predicted molar refractivity (Wildman–Crippen MR) is 160 cm³/mol. The Morgan fingerprint density at radius 1 is 0.526 bits per heavy atom. The molecule has 0 spiro atoms. The molecule has 0 amide bonds. The van der Waals surface area contributed by atoms with Crippen LogP contribution in [0.2, 0.25) is 0 Å². The minimum Gasteiger partial charge on any atom is -0.335 e. The average molecular weight is 492 g/mol. The molecule has 4 aliphatic carbocycles. The lowest BCUT2D eigenvalue weighted by Gasteiger charge is -2.45. The van der Waals surface area contributed by atoms with E-state index < -0.39 is 0 Å². The summed E-state index contributed by atoms with van der Waals surface area (Å²) in [4.78, 5) is 2.75. The molecule has 2 unspecified atom stereocenters. The standard InChI is InChI=1S/C37H33N/c1-3-9-29(10-4-1)36-23-31(22-30-11-7-8-14-35(30)36)28-15-17-34(18-16-28)38(33-12-5-2-6-13-33)37-24-26-19-27(25-37)21-32(37)20-26/h1-18,22-23,26-27,32H,19-21,24-25H2. The minimum atomic E-state index is 0.292. The molecule has 4 saturated carbocycles. The van der Waals surface area contributed by atoms with Crippen molar-refractivity contribution in [3.05, 3.63) is 121 Å². The smallest absolute Gasteiger partial charge is 0.0485 e. The van der Waals surface area contributed by atoms with Crippen molar-refractivity contribution in [1.29, 1.82) is 0 Å². The molecule has 0 saturated heterocycles. The van der Waals surface area contributed by atoms with E-state index in [1.807, 2.05) is 0 Å². The summed E-state index contributed by atoms with van der Waals surface area (Å²) in [6.07, 6.45) is 7.03. The van der Waals surface area contributed by atoms with Crippen LogP contribution in [0.15, 0.2) is 121 Å². The summed E-state index contributed by atoms with van der Waals surface area (Å²) >= 11 is 0. The van der Waals surface area contributed by atoms with E-state index in [-0.39, 0.29) is 0 Å². The third-order valence-electron chi connectivity index (χ3n) is 9.81. The van der Waals surface area contributed by atoms with Crippen molar-refractivity contribution in [3.8, 4) is 22.3 Å². The second-order valence-corrected chi connectivity index (χ2v) is 12.0. The molecule has 0 heterocycles. The van der Waals surface area contributed by atoms with Gasteiger partial charge in [-0.15, -0.1) is 0 Å². The maximum atomic E-state index is 2.75. The molecule has 4 aliphatic rings. The predicted octanol–water partition coefficient (Wildman–Crippen LogP) is 9.89. The van der Waals surface area contributed by atoms with Crippen LogP contribution in [0.3, 0.4) is 0 Å². The third kappa shape index (κ3) is 3.45. The van der Waals surface area contributed by atoms with E-state index in [0.29, 0.717) is 5.54 Å². The van der Waals surface area contributed by atoms with Crippen molar-refractivity contribution >= 4 is 22.1 Å². The van der Waals surface area contributed by atoms with E-state index in [4.69, 9.17) is 0 Å². The number of anilines is 2. The SMILES string of the molecule is c1ccc(-c2cc(-c3ccc(N(c4ccccc4)C45CC6CC(CC4C6)C5)cc3)cc3ccccc23)cc1. The summed E-state index contributed by atoms with van der Waals surface area (Å²) in [5.41, 5.74) is 8.11. The highest BCUT2D eigenvalue weighted by molar-refractivity contribution is 6.00. The fraction of sp³-hybridized carbons (Fsp3) is 0.243. The molecule has 2 atom stereocenters. The van der Waals surface area contributed by atoms with Gasteiger partial charge in [0.2, 0.25) is 0 Å². The van der Waals surface area contributed by atoms with Gasteiger partial charge in [0, 0.05) is 16.9 Å².